The van der Waals surface area contributed by atoms with E-state index in [-0.39, 0.29) is 4.87 Å². The minimum atomic E-state index is 0.182. The molecule has 4 heteroatoms. The third-order valence-electron chi connectivity index (χ3n) is 5.31. The summed E-state index contributed by atoms with van der Waals surface area (Å²) in [7, 11) is 0. The number of aromatic nitrogens is 1. The number of piperidine rings is 1. The lowest BCUT2D eigenvalue weighted by Crippen LogP contribution is -2.37. The van der Waals surface area contributed by atoms with Crippen molar-refractivity contribution in [3.8, 4) is 0 Å². The second-order valence-electron chi connectivity index (χ2n) is 7.44. The van der Waals surface area contributed by atoms with Crippen LogP contribution in [0, 0.1) is 11.8 Å². The molecule has 0 radical (unpaired) electrons. The van der Waals surface area contributed by atoms with Gasteiger partial charge in [0.2, 0.25) is 0 Å². The number of nitrogens with zero attached hydrogens (tertiary/aromatic N) is 2. The number of fused-ring (bicyclic) bond motifs is 1. The monoisotopic (exact) mass is 346 g/mol. The van der Waals surface area contributed by atoms with Gasteiger partial charge >= 0.3 is 4.87 Å². The lowest BCUT2D eigenvalue weighted by atomic mass is 9.91. The Kier molecular flexibility index (Phi) is 6.12. The first kappa shape index (κ1) is 17.7. The summed E-state index contributed by atoms with van der Waals surface area (Å²) in [4.78, 5) is 15.1. The summed E-state index contributed by atoms with van der Waals surface area (Å²) in [6.45, 7) is 8.97. The van der Waals surface area contributed by atoms with Crippen molar-refractivity contribution in [2.24, 2.45) is 11.8 Å². The van der Waals surface area contributed by atoms with Gasteiger partial charge in [0.15, 0.2) is 0 Å². The molecule has 0 saturated carbocycles. The zero-order valence-corrected chi connectivity index (χ0v) is 15.9. The van der Waals surface area contributed by atoms with Crippen molar-refractivity contribution in [2.75, 3.05) is 19.6 Å². The van der Waals surface area contributed by atoms with E-state index in [1.807, 2.05) is 22.8 Å². The van der Waals surface area contributed by atoms with Crippen LogP contribution in [0.15, 0.2) is 29.1 Å². The van der Waals surface area contributed by atoms with Crippen molar-refractivity contribution in [3.63, 3.8) is 0 Å². The minimum absolute atomic E-state index is 0.182. The molecule has 1 aromatic heterocycles. The molecule has 1 atom stereocenters. The molecular formula is C20H30N2OS. The Hall–Kier alpha value is -1.13. The van der Waals surface area contributed by atoms with Gasteiger partial charge in [0.05, 0.1) is 10.2 Å². The Morgan fingerprint density at radius 3 is 2.71 bits per heavy atom. The molecule has 1 aromatic carbocycles. The van der Waals surface area contributed by atoms with Crippen molar-refractivity contribution in [3.05, 3.63) is 33.9 Å². The van der Waals surface area contributed by atoms with Gasteiger partial charge in [-0.05, 0) is 49.9 Å². The molecule has 0 amide bonds. The first-order valence-corrected chi connectivity index (χ1v) is 10.3. The van der Waals surface area contributed by atoms with Gasteiger partial charge in [-0.1, -0.05) is 56.6 Å². The Labute approximate surface area is 149 Å². The van der Waals surface area contributed by atoms with Crippen LogP contribution >= 0.6 is 11.3 Å². The largest absolute Gasteiger partial charge is 0.308 e. The highest BCUT2D eigenvalue weighted by Crippen LogP contribution is 2.23. The maximum atomic E-state index is 12.3. The SMILES string of the molecule is CCCCC1CCN(CC(C)Cn2c(=O)sc3ccccc32)CC1. The molecule has 2 heterocycles. The number of rotatable bonds is 7. The number of benzene rings is 1. The Bertz CT molecular complexity index is 697. The molecule has 0 aliphatic carbocycles. The number of likely N-dealkylation sites (tertiary alicyclic amines) is 1. The van der Waals surface area contributed by atoms with E-state index in [1.54, 1.807) is 0 Å². The predicted octanol–water partition coefficient (Wildman–Crippen LogP) is 4.60. The van der Waals surface area contributed by atoms with Crippen molar-refractivity contribution in [1.29, 1.82) is 0 Å². The maximum Gasteiger partial charge on any atom is 0.308 e. The first-order chi connectivity index (χ1) is 11.7. The average molecular weight is 347 g/mol. The number of hydrogen-bond acceptors (Lipinski definition) is 3. The van der Waals surface area contributed by atoms with Crippen LogP contribution in [0.25, 0.3) is 10.2 Å². The first-order valence-electron chi connectivity index (χ1n) is 9.48. The van der Waals surface area contributed by atoms with E-state index < -0.39 is 0 Å². The molecule has 0 bridgehead atoms. The van der Waals surface area contributed by atoms with Gasteiger partial charge in [0, 0.05) is 13.1 Å². The fourth-order valence-electron chi connectivity index (χ4n) is 3.95. The number of para-hydroxylation sites is 1. The molecule has 1 aliphatic rings. The topological polar surface area (TPSA) is 25.2 Å². The molecule has 1 unspecified atom stereocenters. The molecule has 3 nitrogen and oxygen atoms in total. The summed E-state index contributed by atoms with van der Waals surface area (Å²) >= 11 is 1.37. The third kappa shape index (κ3) is 4.28. The van der Waals surface area contributed by atoms with Crippen LogP contribution in [0.3, 0.4) is 0 Å². The summed E-state index contributed by atoms with van der Waals surface area (Å²) in [5.41, 5.74) is 1.10. The predicted molar refractivity (Wildman–Crippen MR) is 104 cm³/mol. The second-order valence-corrected chi connectivity index (χ2v) is 8.43. The molecule has 24 heavy (non-hydrogen) atoms. The van der Waals surface area contributed by atoms with E-state index in [0.717, 1.165) is 29.2 Å². The number of hydrogen-bond donors (Lipinski definition) is 0. The lowest BCUT2D eigenvalue weighted by Gasteiger charge is -2.33. The summed E-state index contributed by atoms with van der Waals surface area (Å²) < 4.78 is 3.07. The quantitative estimate of drug-likeness (QED) is 0.732. The fraction of sp³-hybridized carbons (Fsp3) is 0.650. The smallest absolute Gasteiger partial charge is 0.303 e. The van der Waals surface area contributed by atoms with E-state index in [1.165, 1.54) is 56.5 Å². The zero-order chi connectivity index (χ0) is 16.9. The third-order valence-corrected chi connectivity index (χ3v) is 6.27. The van der Waals surface area contributed by atoms with Crippen LogP contribution in [0.2, 0.25) is 0 Å². The van der Waals surface area contributed by atoms with E-state index in [4.69, 9.17) is 0 Å². The van der Waals surface area contributed by atoms with Crippen LogP contribution in [0.4, 0.5) is 0 Å². The highest BCUT2D eigenvalue weighted by Gasteiger charge is 2.20. The minimum Gasteiger partial charge on any atom is -0.303 e. The van der Waals surface area contributed by atoms with Crippen molar-refractivity contribution in [2.45, 2.75) is 52.5 Å². The Morgan fingerprint density at radius 2 is 1.96 bits per heavy atom. The van der Waals surface area contributed by atoms with Gasteiger partial charge in [0.1, 0.15) is 0 Å². The number of thiazole rings is 1. The zero-order valence-electron chi connectivity index (χ0n) is 15.0. The van der Waals surface area contributed by atoms with Gasteiger partial charge in [-0.25, -0.2) is 0 Å². The molecule has 0 spiro atoms. The molecule has 1 fully saturated rings. The summed E-state index contributed by atoms with van der Waals surface area (Å²) in [5, 5.41) is 0. The van der Waals surface area contributed by atoms with Crippen LogP contribution < -0.4 is 4.87 Å². The average Bonchev–Trinajstić information content (AvgIpc) is 2.90. The van der Waals surface area contributed by atoms with E-state index in [9.17, 15) is 4.79 Å². The van der Waals surface area contributed by atoms with E-state index >= 15 is 0 Å². The molecule has 3 rings (SSSR count). The maximum absolute atomic E-state index is 12.3. The summed E-state index contributed by atoms with van der Waals surface area (Å²) in [6, 6.07) is 8.15. The second kappa shape index (κ2) is 8.30. The lowest BCUT2D eigenvalue weighted by molar-refractivity contribution is 0.154. The fourth-order valence-corrected chi connectivity index (χ4v) is 4.85. The molecule has 132 valence electrons. The van der Waals surface area contributed by atoms with Crippen LogP contribution in [-0.2, 0) is 6.54 Å². The van der Waals surface area contributed by atoms with Gasteiger partial charge < -0.3 is 4.90 Å². The Balaban J connectivity index is 1.53. The standard InChI is InChI=1S/C20H30N2OS/c1-3-4-7-17-10-12-21(13-11-17)14-16(2)15-22-18-8-5-6-9-19(18)24-20(22)23/h5-6,8-9,16-17H,3-4,7,10-15H2,1-2H3. The van der Waals surface area contributed by atoms with Gasteiger partial charge in [0.25, 0.3) is 0 Å². The van der Waals surface area contributed by atoms with Gasteiger partial charge in [-0.3, -0.25) is 9.36 Å². The van der Waals surface area contributed by atoms with Crippen LogP contribution in [0.1, 0.15) is 46.0 Å². The molecule has 1 saturated heterocycles. The van der Waals surface area contributed by atoms with E-state index in [0.29, 0.717) is 5.92 Å². The van der Waals surface area contributed by atoms with Crippen LogP contribution in [0.5, 0.6) is 0 Å². The highest BCUT2D eigenvalue weighted by atomic mass is 32.1. The Morgan fingerprint density at radius 1 is 1.21 bits per heavy atom. The number of unbranched alkanes of at least 4 members (excludes halogenated alkanes) is 1. The summed E-state index contributed by atoms with van der Waals surface area (Å²) in [5.74, 6) is 1.45. The van der Waals surface area contributed by atoms with Gasteiger partial charge in [-0.2, -0.15) is 0 Å². The van der Waals surface area contributed by atoms with E-state index in [2.05, 4.69) is 24.8 Å². The van der Waals surface area contributed by atoms with Crippen molar-refractivity contribution in [1.82, 2.24) is 9.47 Å². The van der Waals surface area contributed by atoms with Crippen LogP contribution in [-0.4, -0.2) is 29.1 Å². The molecule has 2 aromatic rings. The van der Waals surface area contributed by atoms with Crippen molar-refractivity contribution < 1.29 is 0 Å². The normalized spacial score (nSPS) is 18.2. The highest BCUT2D eigenvalue weighted by molar-refractivity contribution is 7.16. The molecule has 1 aliphatic heterocycles. The van der Waals surface area contributed by atoms with Gasteiger partial charge in [-0.15, -0.1) is 0 Å². The molecule has 0 N–H and O–H groups in total. The van der Waals surface area contributed by atoms with Crippen molar-refractivity contribution >= 4 is 21.6 Å². The molecular weight excluding hydrogens is 316 g/mol. The summed E-state index contributed by atoms with van der Waals surface area (Å²) in [6.07, 6.45) is 6.83.